The van der Waals surface area contributed by atoms with E-state index in [9.17, 15) is 9.90 Å². The number of esters is 1. The number of ether oxygens (including phenoxy) is 1. The van der Waals surface area contributed by atoms with Crippen molar-refractivity contribution in [2.24, 2.45) is 5.73 Å². The zero-order chi connectivity index (χ0) is 16.5. The van der Waals surface area contributed by atoms with Crippen LogP contribution in [0.3, 0.4) is 0 Å². The Morgan fingerprint density at radius 1 is 1.36 bits per heavy atom. The van der Waals surface area contributed by atoms with Crippen LogP contribution in [0, 0.1) is 0 Å². The summed E-state index contributed by atoms with van der Waals surface area (Å²) in [6.45, 7) is 7.74. The van der Waals surface area contributed by atoms with Crippen molar-refractivity contribution in [1.82, 2.24) is 4.98 Å². The fourth-order valence-corrected chi connectivity index (χ4v) is 2.85. The lowest BCUT2D eigenvalue weighted by molar-refractivity contribution is 0.0527. The number of rotatable bonds is 5. The van der Waals surface area contributed by atoms with Crippen LogP contribution in [0.5, 0.6) is 5.75 Å². The number of hydrogen-bond donors (Lipinski definition) is 3. The van der Waals surface area contributed by atoms with Crippen LogP contribution in [0.1, 0.15) is 55.7 Å². The first-order valence-corrected chi connectivity index (χ1v) is 7.64. The van der Waals surface area contributed by atoms with E-state index in [2.05, 4.69) is 4.98 Å². The molecule has 1 heterocycles. The second kappa shape index (κ2) is 6.01. The first-order valence-electron chi connectivity index (χ1n) is 7.64. The van der Waals surface area contributed by atoms with Gasteiger partial charge in [-0.2, -0.15) is 0 Å². The molecule has 0 atom stereocenters. The van der Waals surface area contributed by atoms with Crippen molar-refractivity contribution in [3.8, 4) is 5.75 Å². The van der Waals surface area contributed by atoms with Crippen LogP contribution in [-0.2, 0) is 16.7 Å². The van der Waals surface area contributed by atoms with Crippen molar-refractivity contribution in [1.29, 1.82) is 0 Å². The fourth-order valence-electron chi connectivity index (χ4n) is 2.85. The number of carbonyl (C=O) groups is 1. The third-order valence-corrected chi connectivity index (χ3v) is 3.64. The van der Waals surface area contributed by atoms with Gasteiger partial charge < -0.3 is 20.6 Å². The van der Waals surface area contributed by atoms with E-state index in [1.807, 2.05) is 20.8 Å². The fraction of sp³-hybridized carbons (Fsp3) is 0.471. The van der Waals surface area contributed by atoms with Crippen LogP contribution < -0.4 is 5.73 Å². The normalized spacial score (nSPS) is 11.9. The molecule has 0 bridgehead atoms. The lowest BCUT2D eigenvalue weighted by atomic mass is 9.89. The van der Waals surface area contributed by atoms with Crippen LogP contribution in [0.4, 0.5) is 0 Å². The second-order valence-corrected chi connectivity index (χ2v) is 6.05. The Labute approximate surface area is 130 Å². The predicted molar refractivity (Wildman–Crippen MR) is 87.1 cm³/mol. The molecule has 2 rings (SSSR count). The Bertz CT molecular complexity index is 696. The highest BCUT2D eigenvalue weighted by Crippen LogP contribution is 2.38. The number of fused-ring (bicyclic) bond motifs is 1. The van der Waals surface area contributed by atoms with Crippen molar-refractivity contribution in [3.63, 3.8) is 0 Å². The number of H-pyrrole nitrogens is 1. The van der Waals surface area contributed by atoms with Crippen LogP contribution in [0.25, 0.3) is 10.9 Å². The quantitative estimate of drug-likeness (QED) is 0.740. The van der Waals surface area contributed by atoms with Crippen LogP contribution >= 0.6 is 0 Å². The van der Waals surface area contributed by atoms with Crippen LogP contribution in [0.15, 0.2) is 12.1 Å². The van der Waals surface area contributed by atoms with Gasteiger partial charge in [0.1, 0.15) is 5.75 Å². The van der Waals surface area contributed by atoms with Gasteiger partial charge in [0.05, 0.1) is 12.2 Å². The summed E-state index contributed by atoms with van der Waals surface area (Å²) in [5.74, 6) is -0.291. The van der Waals surface area contributed by atoms with E-state index in [0.717, 1.165) is 24.1 Å². The monoisotopic (exact) mass is 304 g/mol. The van der Waals surface area contributed by atoms with E-state index in [1.54, 1.807) is 19.1 Å². The largest absolute Gasteiger partial charge is 0.508 e. The highest BCUT2D eigenvalue weighted by molar-refractivity contribution is 6.08. The molecule has 0 spiro atoms. The molecule has 5 nitrogen and oxygen atoms in total. The Hall–Kier alpha value is -2.01. The van der Waals surface area contributed by atoms with Gasteiger partial charge in [0, 0.05) is 27.7 Å². The Morgan fingerprint density at radius 2 is 2.05 bits per heavy atom. The number of nitrogens with two attached hydrogens (primary N) is 1. The molecule has 0 aliphatic rings. The van der Waals surface area contributed by atoms with Gasteiger partial charge in [0.2, 0.25) is 0 Å². The van der Waals surface area contributed by atoms with Crippen LogP contribution in [0.2, 0.25) is 0 Å². The van der Waals surface area contributed by atoms with E-state index in [-0.39, 0.29) is 11.7 Å². The summed E-state index contributed by atoms with van der Waals surface area (Å²) in [6.07, 6.45) is 1.63. The topological polar surface area (TPSA) is 88.3 Å². The number of aromatic amines is 1. The second-order valence-electron chi connectivity index (χ2n) is 6.05. The van der Waals surface area contributed by atoms with Crippen LogP contribution in [-0.4, -0.2) is 22.7 Å². The number of phenolic OH excluding ortho intramolecular Hbond substituents is 1. The van der Waals surface area contributed by atoms with Gasteiger partial charge in [-0.3, -0.25) is 0 Å². The smallest absolute Gasteiger partial charge is 0.340 e. The molecular formula is C17H24N2O3. The minimum Gasteiger partial charge on any atom is -0.508 e. The molecule has 0 saturated carbocycles. The lowest BCUT2D eigenvalue weighted by Gasteiger charge is -2.22. The molecule has 0 radical (unpaired) electrons. The molecule has 1 aromatic carbocycles. The van der Waals surface area contributed by atoms with Gasteiger partial charge >= 0.3 is 5.97 Å². The summed E-state index contributed by atoms with van der Waals surface area (Å²) in [7, 11) is 0. The summed E-state index contributed by atoms with van der Waals surface area (Å²) >= 11 is 0. The average molecular weight is 304 g/mol. The van der Waals surface area contributed by atoms with E-state index < -0.39 is 5.54 Å². The Balaban J connectivity index is 2.84. The van der Waals surface area contributed by atoms with Gasteiger partial charge in [-0.25, -0.2) is 4.79 Å². The maximum atomic E-state index is 12.4. The molecule has 2 aromatic rings. The zero-order valence-electron chi connectivity index (χ0n) is 13.6. The Kier molecular flexibility index (Phi) is 4.47. The first-order chi connectivity index (χ1) is 10.3. The summed E-state index contributed by atoms with van der Waals surface area (Å²) in [6, 6.07) is 3.37. The molecule has 120 valence electrons. The van der Waals surface area contributed by atoms with E-state index in [1.165, 1.54) is 0 Å². The standard InChI is InChI=1S/C17H24N2O3/c1-5-7-10-14(16(21)22-6-2)13-11(19-10)8-9-12(20)15(13)17(3,4)18/h8-9,19-20H,5-7,18H2,1-4H3. The van der Waals surface area contributed by atoms with E-state index in [0.29, 0.717) is 23.1 Å². The summed E-state index contributed by atoms with van der Waals surface area (Å²) in [4.78, 5) is 15.7. The predicted octanol–water partition coefficient (Wildman–Crippen LogP) is 3.20. The minimum absolute atomic E-state index is 0.0904. The van der Waals surface area contributed by atoms with E-state index in [4.69, 9.17) is 10.5 Å². The van der Waals surface area contributed by atoms with Gasteiger partial charge in [-0.05, 0) is 39.3 Å². The number of hydrogen-bond acceptors (Lipinski definition) is 4. The van der Waals surface area contributed by atoms with Crippen molar-refractivity contribution < 1.29 is 14.6 Å². The van der Waals surface area contributed by atoms with E-state index >= 15 is 0 Å². The molecule has 4 N–H and O–H groups in total. The molecular weight excluding hydrogens is 280 g/mol. The van der Waals surface area contributed by atoms with Crippen molar-refractivity contribution >= 4 is 16.9 Å². The SMILES string of the molecule is CCCc1[nH]c2ccc(O)c(C(C)(C)N)c2c1C(=O)OCC. The third-order valence-electron chi connectivity index (χ3n) is 3.64. The molecule has 1 aromatic heterocycles. The number of nitrogens with one attached hydrogen (secondary N) is 1. The summed E-state index contributed by atoms with van der Waals surface area (Å²) in [5.41, 5.74) is 8.11. The number of aromatic hydroxyl groups is 1. The van der Waals surface area contributed by atoms with Crippen molar-refractivity contribution in [2.75, 3.05) is 6.61 Å². The number of aryl methyl sites for hydroxylation is 1. The summed E-state index contributed by atoms with van der Waals surface area (Å²) < 4.78 is 5.21. The van der Waals surface area contributed by atoms with Gasteiger partial charge in [-0.1, -0.05) is 13.3 Å². The third kappa shape index (κ3) is 2.81. The van der Waals surface area contributed by atoms with Gasteiger partial charge in [0.15, 0.2) is 0 Å². The molecule has 22 heavy (non-hydrogen) atoms. The molecule has 5 heteroatoms. The zero-order valence-corrected chi connectivity index (χ0v) is 13.6. The maximum Gasteiger partial charge on any atom is 0.340 e. The van der Waals surface area contributed by atoms with Gasteiger partial charge in [-0.15, -0.1) is 0 Å². The van der Waals surface area contributed by atoms with Crippen molar-refractivity contribution in [3.05, 3.63) is 29.0 Å². The summed E-state index contributed by atoms with van der Waals surface area (Å²) in [5, 5.41) is 10.9. The molecule has 0 aliphatic carbocycles. The highest BCUT2D eigenvalue weighted by Gasteiger charge is 2.28. The van der Waals surface area contributed by atoms with Gasteiger partial charge in [0.25, 0.3) is 0 Å². The number of phenols is 1. The molecule has 0 saturated heterocycles. The number of benzene rings is 1. The molecule has 0 amide bonds. The molecule has 0 fully saturated rings. The Morgan fingerprint density at radius 3 is 2.59 bits per heavy atom. The highest BCUT2D eigenvalue weighted by atomic mass is 16.5. The van der Waals surface area contributed by atoms with Crippen molar-refractivity contribution in [2.45, 2.75) is 46.1 Å². The minimum atomic E-state index is -0.781. The maximum absolute atomic E-state index is 12.4. The number of carbonyl (C=O) groups excluding carboxylic acids is 1. The lowest BCUT2D eigenvalue weighted by Crippen LogP contribution is -2.29. The molecule has 0 unspecified atom stereocenters. The number of aromatic nitrogens is 1. The molecule has 0 aliphatic heterocycles. The first kappa shape index (κ1) is 16.4. The average Bonchev–Trinajstić information content (AvgIpc) is 2.75.